The summed E-state index contributed by atoms with van der Waals surface area (Å²) in [6, 6.07) is 0. The monoisotopic (exact) mass is 248 g/mol. The van der Waals surface area contributed by atoms with E-state index in [-0.39, 0.29) is 18.3 Å². The number of halogens is 1. The molecule has 0 aliphatic rings. The van der Waals surface area contributed by atoms with Gasteiger partial charge in [-0.3, -0.25) is 4.79 Å². The van der Waals surface area contributed by atoms with E-state index in [1.54, 1.807) is 4.90 Å². The van der Waals surface area contributed by atoms with Gasteiger partial charge in [0.25, 0.3) is 0 Å². The molecule has 16 heavy (non-hydrogen) atoms. The fraction of sp³-hybridized carbons (Fsp3) is 0.750. The van der Waals surface area contributed by atoms with Gasteiger partial charge in [-0.1, -0.05) is 6.58 Å². The lowest BCUT2D eigenvalue weighted by molar-refractivity contribution is -0.922. The Morgan fingerprint density at radius 1 is 1.25 bits per heavy atom. The molecule has 0 N–H and O–H groups in total. The normalized spacial score (nSPS) is 10.5. The summed E-state index contributed by atoms with van der Waals surface area (Å²) < 4.78 is 1.08. The topological polar surface area (TPSA) is 20.3 Å². The van der Waals surface area contributed by atoms with E-state index >= 15 is 0 Å². The Kier molecular flexibility index (Phi) is 9.58. The first-order valence-corrected chi connectivity index (χ1v) is 5.77. The van der Waals surface area contributed by atoms with E-state index in [0.717, 1.165) is 37.2 Å². The highest BCUT2D eigenvalue weighted by molar-refractivity contribution is 5.86. The first kappa shape index (κ1) is 17.8. The molecule has 0 aromatic heterocycles. The highest BCUT2D eigenvalue weighted by Crippen LogP contribution is 2.05. The van der Waals surface area contributed by atoms with Gasteiger partial charge in [0.1, 0.15) is 0 Å². The van der Waals surface area contributed by atoms with Gasteiger partial charge in [-0.2, -0.15) is 0 Å². The summed E-state index contributed by atoms with van der Waals surface area (Å²) in [5.74, 6) is 0.0106. The molecule has 96 valence electrons. The predicted molar refractivity (Wildman–Crippen MR) is 64.6 cm³/mol. The number of likely N-dealkylation sites (N-methyl/N-ethyl adjacent to an activating group) is 2. The molecule has 3 nitrogen and oxygen atoms in total. The number of carbonyl (C=O) groups excluding carboxylic acids is 1. The number of nitrogens with zero attached hydrogens (tertiary/aromatic N) is 2. The molecular formula is C12H25ClN2O. The Bertz CT molecular complexity index is 207. The molecule has 0 spiro atoms. The molecule has 0 radical (unpaired) electrons. The van der Waals surface area contributed by atoms with Crippen molar-refractivity contribution >= 4 is 5.91 Å². The first-order chi connectivity index (χ1) is 7.05. The van der Waals surface area contributed by atoms with Gasteiger partial charge in [0, 0.05) is 7.05 Å². The minimum absolute atomic E-state index is 0. The van der Waals surface area contributed by atoms with Crippen LogP contribution in [0.1, 0.15) is 20.8 Å². The van der Waals surface area contributed by atoms with E-state index in [4.69, 9.17) is 0 Å². The zero-order chi connectivity index (χ0) is 11.9. The molecule has 0 aliphatic carbocycles. The molecule has 0 aliphatic heterocycles. The molecule has 0 aromatic rings. The molecule has 0 rings (SSSR count). The van der Waals surface area contributed by atoms with E-state index < -0.39 is 0 Å². The molecule has 0 unspecified atom stereocenters. The van der Waals surface area contributed by atoms with Gasteiger partial charge in [-0.25, -0.2) is 0 Å². The van der Waals surface area contributed by atoms with Crippen molar-refractivity contribution in [2.75, 3.05) is 39.8 Å². The van der Waals surface area contributed by atoms with E-state index in [0.29, 0.717) is 0 Å². The molecule has 0 aromatic carbocycles. The molecular weight excluding hydrogens is 224 g/mol. The number of quaternary nitrogens is 1. The van der Waals surface area contributed by atoms with Gasteiger partial charge in [0.2, 0.25) is 5.91 Å². The van der Waals surface area contributed by atoms with Crippen LogP contribution in [-0.2, 0) is 4.79 Å². The summed E-state index contributed by atoms with van der Waals surface area (Å²) in [6.45, 7) is 15.3. The maximum atomic E-state index is 11.3. The summed E-state index contributed by atoms with van der Waals surface area (Å²) in [7, 11) is 1.83. The van der Waals surface area contributed by atoms with Crippen LogP contribution in [0, 0.1) is 0 Å². The van der Waals surface area contributed by atoms with Crippen LogP contribution in [0.3, 0.4) is 0 Å². The average molecular weight is 249 g/mol. The van der Waals surface area contributed by atoms with E-state index in [2.05, 4.69) is 27.4 Å². The van der Waals surface area contributed by atoms with Crippen LogP contribution in [0.15, 0.2) is 12.7 Å². The van der Waals surface area contributed by atoms with Gasteiger partial charge in [-0.05, 0) is 26.8 Å². The summed E-state index contributed by atoms with van der Waals surface area (Å²) in [5, 5.41) is 0. The van der Waals surface area contributed by atoms with Crippen LogP contribution < -0.4 is 12.4 Å². The molecule has 0 saturated carbocycles. The quantitative estimate of drug-likeness (QED) is 0.397. The molecule has 0 fully saturated rings. The third-order valence-electron chi connectivity index (χ3n) is 3.47. The summed E-state index contributed by atoms with van der Waals surface area (Å²) in [4.78, 5) is 13.0. The van der Waals surface area contributed by atoms with Crippen molar-refractivity contribution in [2.24, 2.45) is 0 Å². The smallest absolute Gasteiger partial charge is 0.245 e. The largest absolute Gasteiger partial charge is 1.00 e. The van der Waals surface area contributed by atoms with Gasteiger partial charge in [-0.15, -0.1) is 0 Å². The third kappa shape index (κ3) is 4.99. The molecule has 1 amide bonds. The first-order valence-electron chi connectivity index (χ1n) is 5.77. The minimum Gasteiger partial charge on any atom is -1.00 e. The van der Waals surface area contributed by atoms with Crippen LogP contribution in [0.5, 0.6) is 0 Å². The summed E-state index contributed by atoms with van der Waals surface area (Å²) >= 11 is 0. The Hall–Kier alpha value is -0.540. The van der Waals surface area contributed by atoms with E-state index in [9.17, 15) is 4.79 Å². The molecule has 0 heterocycles. The molecule has 0 atom stereocenters. The van der Waals surface area contributed by atoms with Gasteiger partial charge >= 0.3 is 0 Å². The maximum Gasteiger partial charge on any atom is 0.245 e. The van der Waals surface area contributed by atoms with Crippen molar-refractivity contribution in [3.63, 3.8) is 0 Å². The number of hydrogen-bond donors (Lipinski definition) is 0. The predicted octanol–water partition coefficient (Wildman–Crippen LogP) is -1.49. The number of rotatable bonds is 7. The lowest BCUT2D eigenvalue weighted by Gasteiger charge is -2.36. The van der Waals surface area contributed by atoms with Crippen molar-refractivity contribution in [3.05, 3.63) is 12.7 Å². The van der Waals surface area contributed by atoms with Crippen LogP contribution >= 0.6 is 0 Å². The van der Waals surface area contributed by atoms with Crippen molar-refractivity contribution in [3.8, 4) is 0 Å². The maximum absolute atomic E-state index is 11.3. The minimum atomic E-state index is 0. The standard InChI is InChI=1S/C12H25N2O.ClH/c1-6-12(15)13(5)10-11-14(7-2,8-3)9-4;/h6H,1,7-11H2,2-5H3;1H/q+1;/p-1. The van der Waals surface area contributed by atoms with Gasteiger partial charge < -0.3 is 21.8 Å². The van der Waals surface area contributed by atoms with E-state index in [1.165, 1.54) is 6.08 Å². The fourth-order valence-corrected chi connectivity index (χ4v) is 1.77. The third-order valence-corrected chi connectivity index (χ3v) is 3.47. The zero-order valence-electron chi connectivity index (χ0n) is 11.0. The van der Waals surface area contributed by atoms with Crippen molar-refractivity contribution in [2.45, 2.75) is 20.8 Å². The summed E-state index contributed by atoms with van der Waals surface area (Å²) in [5.41, 5.74) is 0. The second kappa shape index (κ2) is 8.59. The molecule has 0 bridgehead atoms. The Balaban J connectivity index is 0. The lowest BCUT2D eigenvalue weighted by Crippen LogP contribution is -3.00. The van der Waals surface area contributed by atoms with Crippen molar-refractivity contribution in [1.82, 2.24) is 4.90 Å². The van der Waals surface area contributed by atoms with Crippen LogP contribution in [0.25, 0.3) is 0 Å². The number of carbonyl (C=O) groups is 1. The molecule has 4 heteroatoms. The summed E-state index contributed by atoms with van der Waals surface area (Å²) in [6.07, 6.45) is 1.37. The Morgan fingerprint density at radius 2 is 1.69 bits per heavy atom. The van der Waals surface area contributed by atoms with Gasteiger partial charge in [0.15, 0.2) is 0 Å². The Labute approximate surface area is 106 Å². The highest BCUT2D eigenvalue weighted by atomic mass is 35.5. The average Bonchev–Trinajstić information content (AvgIpc) is 2.30. The van der Waals surface area contributed by atoms with Crippen molar-refractivity contribution < 1.29 is 21.7 Å². The van der Waals surface area contributed by atoms with Crippen LogP contribution in [0.4, 0.5) is 0 Å². The van der Waals surface area contributed by atoms with E-state index in [1.807, 2.05) is 7.05 Å². The number of hydrogen-bond acceptors (Lipinski definition) is 1. The van der Waals surface area contributed by atoms with Crippen LogP contribution in [-0.4, -0.2) is 55.1 Å². The number of amides is 1. The van der Waals surface area contributed by atoms with Crippen LogP contribution in [0.2, 0.25) is 0 Å². The second-order valence-corrected chi connectivity index (χ2v) is 3.98. The fourth-order valence-electron chi connectivity index (χ4n) is 1.77. The van der Waals surface area contributed by atoms with Gasteiger partial charge in [0.05, 0.1) is 32.7 Å². The lowest BCUT2D eigenvalue weighted by atomic mass is 10.3. The SMILES string of the molecule is C=CC(=O)N(C)CC[N+](CC)(CC)CC.[Cl-]. The van der Waals surface area contributed by atoms with Crippen molar-refractivity contribution in [1.29, 1.82) is 0 Å². The second-order valence-electron chi connectivity index (χ2n) is 3.98. The molecule has 0 saturated heterocycles. The zero-order valence-corrected chi connectivity index (χ0v) is 11.8. The Morgan fingerprint density at radius 3 is 2.00 bits per heavy atom. The highest BCUT2D eigenvalue weighted by Gasteiger charge is 2.21.